The van der Waals surface area contributed by atoms with Gasteiger partial charge in [-0.15, -0.1) is 0 Å². The van der Waals surface area contributed by atoms with Crippen LogP contribution in [-0.4, -0.2) is 0 Å². The van der Waals surface area contributed by atoms with E-state index in [1.54, 1.807) is 0 Å². The molecule has 0 heterocycles. The summed E-state index contributed by atoms with van der Waals surface area (Å²) in [7, 11) is 0. The Balaban J connectivity index is 0. The molecule has 0 unspecified atom stereocenters. The quantitative estimate of drug-likeness (QED) is 0.530. The van der Waals surface area contributed by atoms with E-state index in [-0.39, 0.29) is 7.43 Å². The topological polar surface area (TPSA) is 0 Å². The van der Waals surface area contributed by atoms with Crippen molar-refractivity contribution in [3.05, 3.63) is 71.8 Å². The Hall–Kier alpha value is -1.56. The molecule has 0 N–H and O–H groups in total. The summed E-state index contributed by atoms with van der Waals surface area (Å²) in [5.41, 5.74) is 2.64. The summed E-state index contributed by atoms with van der Waals surface area (Å²) in [6.45, 7) is 8.42. The molecule has 0 aromatic heterocycles. The molecule has 0 aliphatic carbocycles. The molecule has 0 amide bonds. The Morgan fingerprint density at radius 3 is 0.944 bits per heavy atom. The Morgan fingerprint density at radius 2 is 0.833 bits per heavy atom. The van der Waals surface area contributed by atoms with E-state index in [0.717, 1.165) is 0 Å². The van der Waals surface area contributed by atoms with Crippen LogP contribution in [-0.2, 0) is 0 Å². The average Bonchev–Trinajstić information content (AvgIpc) is 2.33. The Kier molecular flexibility index (Phi) is 14.1. The lowest BCUT2D eigenvalue weighted by Gasteiger charge is -1.82. The lowest BCUT2D eigenvalue weighted by molar-refractivity contribution is 1.09. The van der Waals surface area contributed by atoms with Gasteiger partial charge in [-0.2, -0.15) is 0 Å². The van der Waals surface area contributed by atoms with Gasteiger partial charge in [-0.3, -0.25) is 0 Å². The van der Waals surface area contributed by atoms with E-state index in [0.29, 0.717) is 0 Å². The number of rotatable bonds is 0. The van der Waals surface area contributed by atoms with Crippen LogP contribution in [0.2, 0.25) is 0 Å². The molecule has 2 rings (SSSR count). The van der Waals surface area contributed by atoms with Gasteiger partial charge < -0.3 is 0 Å². The summed E-state index contributed by atoms with van der Waals surface area (Å²) in [6.07, 6.45) is 1.25. The van der Waals surface area contributed by atoms with Gasteiger partial charge in [0.2, 0.25) is 0 Å². The van der Waals surface area contributed by atoms with Crippen LogP contribution in [0.15, 0.2) is 60.7 Å². The van der Waals surface area contributed by atoms with E-state index in [2.05, 4.69) is 52.0 Å². The molecule has 2 aromatic carbocycles. The minimum Gasteiger partial charge on any atom is -0.0776 e. The zero-order valence-corrected chi connectivity index (χ0v) is 11.5. The van der Waals surface area contributed by atoms with Crippen LogP contribution in [0.3, 0.4) is 0 Å². The second kappa shape index (κ2) is 13.5. The van der Waals surface area contributed by atoms with Crippen LogP contribution in [0.5, 0.6) is 0 Å². The Bertz CT molecular complexity index is 311. The number of benzene rings is 2. The van der Waals surface area contributed by atoms with Crippen molar-refractivity contribution in [1.82, 2.24) is 0 Å². The van der Waals surface area contributed by atoms with Crippen molar-refractivity contribution in [3.63, 3.8) is 0 Å². The highest BCUT2D eigenvalue weighted by molar-refractivity contribution is 5.12. The second-order valence-corrected chi connectivity index (χ2v) is 4.02. The highest BCUT2D eigenvalue weighted by Crippen LogP contribution is 1.92. The van der Waals surface area contributed by atoms with E-state index in [4.69, 9.17) is 0 Å². The van der Waals surface area contributed by atoms with Crippen molar-refractivity contribution < 1.29 is 0 Å². The zero-order valence-electron chi connectivity index (χ0n) is 11.5. The first-order valence-corrected chi connectivity index (χ1v) is 6.24. The third-order valence-electron chi connectivity index (χ3n) is 1.88. The smallest absolute Gasteiger partial charge is 0.0398 e. The molecular weight excluding hydrogens is 216 g/mol. The maximum Gasteiger partial charge on any atom is -0.0398 e. The normalized spacial score (nSPS) is 7.78. The lowest BCUT2D eigenvalue weighted by atomic mass is 10.2. The molecule has 0 nitrogen and oxygen atoms in total. The van der Waals surface area contributed by atoms with Crippen molar-refractivity contribution in [2.45, 2.75) is 41.5 Å². The first-order valence-electron chi connectivity index (χ1n) is 6.24. The maximum atomic E-state index is 2.12. The fourth-order valence-corrected chi connectivity index (χ4v) is 1.07. The van der Waals surface area contributed by atoms with Crippen LogP contribution in [0, 0.1) is 13.8 Å². The van der Waals surface area contributed by atoms with Crippen LogP contribution in [0.25, 0.3) is 0 Å². The molecule has 0 fully saturated rings. The largest absolute Gasteiger partial charge is 0.0776 e. The predicted molar refractivity (Wildman–Crippen MR) is 85.1 cm³/mol. The Labute approximate surface area is 114 Å². The van der Waals surface area contributed by atoms with Gasteiger partial charge in [-0.25, -0.2) is 0 Å². The predicted octanol–water partition coefficient (Wildman–Crippen LogP) is 6.04. The van der Waals surface area contributed by atoms with Gasteiger partial charge in [-0.1, -0.05) is 99.5 Å². The maximum absolute atomic E-state index is 2.12. The van der Waals surface area contributed by atoms with Crippen molar-refractivity contribution >= 4 is 0 Å². The number of hydrogen-bond donors (Lipinski definition) is 0. The molecule has 0 radical (unpaired) electrons. The zero-order chi connectivity index (χ0) is 12.9. The van der Waals surface area contributed by atoms with Gasteiger partial charge in [0.1, 0.15) is 0 Å². The van der Waals surface area contributed by atoms with Crippen molar-refractivity contribution in [2.24, 2.45) is 0 Å². The van der Waals surface area contributed by atoms with Crippen LogP contribution in [0.1, 0.15) is 38.8 Å². The third-order valence-corrected chi connectivity index (χ3v) is 1.88. The molecule has 0 spiro atoms. The van der Waals surface area contributed by atoms with Gasteiger partial charge >= 0.3 is 0 Å². The van der Waals surface area contributed by atoms with E-state index in [9.17, 15) is 0 Å². The molecule has 0 heteroatoms. The number of hydrogen-bond acceptors (Lipinski definition) is 0. The summed E-state index contributed by atoms with van der Waals surface area (Å²) in [5, 5.41) is 0. The van der Waals surface area contributed by atoms with Crippen LogP contribution < -0.4 is 0 Å². The monoisotopic (exact) mass is 244 g/mol. The van der Waals surface area contributed by atoms with Gasteiger partial charge in [0.25, 0.3) is 0 Å². The molecule has 0 bridgehead atoms. The van der Waals surface area contributed by atoms with E-state index >= 15 is 0 Å². The molecule has 0 saturated heterocycles. The molecule has 18 heavy (non-hydrogen) atoms. The van der Waals surface area contributed by atoms with E-state index in [1.807, 2.05) is 36.4 Å². The molecular formula is C18H28. The van der Waals surface area contributed by atoms with Crippen molar-refractivity contribution in [1.29, 1.82) is 0 Å². The first kappa shape index (κ1) is 18.8. The molecule has 2 aromatic rings. The minimum absolute atomic E-state index is 0. The van der Waals surface area contributed by atoms with Crippen LogP contribution >= 0.6 is 0 Å². The molecule has 100 valence electrons. The average molecular weight is 244 g/mol. The lowest BCUT2D eigenvalue weighted by Crippen LogP contribution is -1.62. The molecule has 0 aliphatic rings. The van der Waals surface area contributed by atoms with Gasteiger partial charge in [-0.05, 0) is 13.8 Å². The summed E-state index contributed by atoms with van der Waals surface area (Å²) in [5.74, 6) is 0. The summed E-state index contributed by atoms with van der Waals surface area (Å²) in [6, 6.07) is 20.5. The van der Waals surface area contributed by atoms with Gasteiger partial charge in [0.05, 0.1) is 0 Å². The minimum atomic E-state index is 0. The van der Waals surface area contributed by atoms with Crippen LogP contribution in [0.4, 0.5) is 0 Å². The summed E-state index contributed by atoms with van der Waals surface area (Å²) in [4.78, 5) is 0. The fraction of sp³-hybridized carbons (Fsp3) is 0.333. The third kappa shape index (κ3) is 12.5. The Morgan fingerprint density at radius 1 is 0.611 bits per heavy atom. The first-order chi connectivity index (χ1) is 8.20. The summed E-state index contributed by atoms with van der Waals surface area (Å²) >= 11 is 0. The molecule has 0 atom stereocenters. The standard InChI is InChI=1S/2C7H8.C3H8.CH4/c2*1-7-5-3-2-4-6-7;1-3-2;/h2*2-6H,1H3;3H2,1-2H3;1H4. The number of aryl methyl sites for hydroxylation is 2. The SMILES string of the molecule is C.CCC.Cc1ccccc1.Cc1ccccc1. The van der Waals surface area contributed by atoms with E-state index in [1.165, 1.54) is 17.5 Å². The summed E-state index contributed by atoms with van der Waals surface area (Å²) < 4.78 is 0. The van der Waals surface area contributed by atoms with Crippen molar-refractivity contribution in [3.8, 4) is 0 Å². The van der Waals surface area contributed by atoms with Crippen molar-refractivity contribution in [2.75, 3.05) is 0 Å². The van der Waals surface area contributed by atoms with Gasteiger partial charge in [0.15, 0.2) is 0 Å². The molecule has 0 saturated carbocycles. The second-order valence-electron chi connectivity index (χ2n) is 4.02. The van der Waals surface area contributed by atoms with E-state index < -0.39 is 0 Å². The highest BCUT2D eigenvalue weighted by Gasteiger charge is 1.72. The highest BCUT2D eigenvalue weighted by atomic mass is 13.8. The van der Waals surface area contributed by atoms with Gasteiger partial charge in [0, 0.05) is 0 Å². The molecule has 0 aliphatic heterocycles. The fourth-order valence-electron chi connectivity index (χ4n) is 1.07.